The summed E-state index contributed by atoms with van der Waals surface area (Å²) < 4.78 is 51.4. The van der Waals surface area contributed by atoms with Crippen LogP contribution >= 0.6 is 0 Å². The van der Waals surface area contributed by atoms with Gasteiger partial charge >= 0.3 is 12.3 Å². The lowest BCUT2D eigenvalue weighted by Crippen LogP contribution is -2.17. The van der Waals surface area contributed by atoms with Crippen molar-refractivity contribution >= 4 is 17.8 Å². The monoisotopic (exact) mass is 469 g/mol. The normalized spacial score (nSPS) is 14.5. The lowest BCUT2D eigenvalue weighted by Gasteiger charge is -2.10. The van der Waals surface area contributed by atoms with E-state index in [0.29, 0.717) is 33.9 Å². The van der Waals surface area contributed by atoms with Crippen molar-refractivity contribution in [1.82, 2.24) is 0 Å². The first-order chi connectivity index (χ1) is 16.3. The molecule has 0 radical (unpaired) electrons. The molecule has 3 aromatic rings. The topological polar surface area (TPSA) is 66.4 Å². The Balaban J connectivity index is 1.40. The Labute approximate surface area is 192 Å². The molecular formula is C25H18F3NO5. The lowest BCUT2D eigenvalue weighted by molar-refractivity contribution is -0.274. The van der Waals surface area contributed by atoms with Crippen LogP contribution in [-0.2, 0) is 16.2 Å². The van der Waals surface area contributed by atoms with Crippen molar-refractivity contribution in [2.45, 2.75) is 13.0 Å². The number of benzene rings is 3. The highest BCUT2D eigenvalue weighted by Gasteiger charge is 2.31. The minimum Gasteiger partial charge on any atom is -0.497 e. The van der Waals surface area contributed by atoms with Crippen LogP contribution in [-0.4, -0.2) is 25.2 Å². The highest BCUT2D eigenvalue weighted by molar-refractivity contribution is 6.31. The molecular weight excluding hydrogens is 451 g/mol. The van der Waals surface area contributed by atoms with E-state index in [2.05, 4.69) is 9.89 Å². The fourth-order valence-corrected chi connectivity index (χ4v) is 3.15. The Morgan fingerprint density at radius 1 is 0.882 bits per heavy atom. The average molecular weight is 469 g/mol. The van der Waals surface area contributed by atoms with Crippen LogP contribution in [0.4, 0.5) is 13.2 Å². The number of rotatable bonds is 7. The number of alkyl halides is 3. The molecule has 6 nitrogen and oxygen atoms in total. The van der Waals surface area contributed by atoms with Gasteiger partial charge in [-0.25, -0.2) is 4.79 Å². The van der Waals surface area contributed by atoms with E-state index >= 15 is 0 Å². The van der Waals surface area contributed by atoms with E-state index < -0.39 is 12.3 Å². The van der Waals surface area contributed by atoms with Crippen molar-refractivity contribution in [1.29, 1.82) is 0 Å². The van der Waals surface area contributed by atoms with Gasteiger partial charge in [0.05, 0.1) is 12.7 Å². The van der Waals surface area contributed by atoms with Gasteiger partial charge in [-0.15, -0.1) is 13.2 Å². The van der Waals surface area contributed by atoms with Gasteiger partial charge in [0, 0.05) is 5.56 Å². The van der Waals surface area contributed by atoms with Crippen LogP contribution in [0.25, 0.3) is 6.08 Å². The highest BCUT2D eigenvalue weighted by atomic mass is 19.4. The van der Waals surface area contributed by atoms with Gasteiger partial charge < -0.3 is 19.0 Å². The molecule has 1 aliphatic heterocycles. The van der Waals surface area contributed by atoms with Gasteiger partial charge in [-0.2, -0.15) is 0 Å². The van der Waals surface area contributed by atoms with Gasteiger partial charge in [0.2, 0.25) is 0 Å². The van der Waals surface area contributed by atoms with Gasteiger partial charge in [0.15, 0.2) is 0 Å². The van der Waals surface area contributed by atoms with E-state index in [4.69, 9.17) is 14.3 Å². The molecule has 3 aromatic carbocycles. The maximum Gasteiger partial charge on any atom is 0.573 e. The smallest absolute Gasteiger partial charge is 0.497 e. The number of hydrogen-bond donors (Lipinski definition) is 0. The number of carbonyl (C=O) groups excluding carboxylic acids is 1. The van der Waals surface area contributed by atoms with E-state index in [0.717, 1.165) is 5.56 Å². The quantitative estimate of drug-likeness (QED) is 0.337. The number of methoxy groups -OCH3 is 1. The summed E-state index contributed by atoms with van der Waals surface area (Å²) in [6, 6.07) is 19.5. The first kappa shape index (κ1) is 22.9. The molecule has 0 N–H and O–H groups in total. The average Bonchev–Trinajstić information content (AvgIpc) is 3.18. The fourth-order valence-electron chi connectivity index (χ4n) is 3.15. The zero-order valence-corrected chi connectivity index (χ0v) is 17.8. The van der Waals surface area contributed by atoms with Gasteiger partial charge in [-0.3, -0.25) is 0 Å². The van der Waals surface area contributed by atoms with Crippen LogP contribution in [0.5, 0.6) is 17.2 Å². The Hall–Kier alpha value is -4.27. The number of halogens is 3. The first-order valence-electron chi connectivity index (χ1n) is 10.0. The Kier molecular flexibility index (Phi) is 6.53. The number of oxime groups is 1. The molecule has 0 aliphatic carbocycles. The van der Waals surface area contributed by atoms with E-state index in [1.165, 1.54) is 24.3 Å². The van der Waals surface area contributed by atoms with Crippen LogP contribution < -0.4 is 14.2 Å². The molecule has 0 saturated heterocycles. The third kappa shape index (κ3) is 5.74. The minimum atomic E-state index is -4.73. The maximum absolute atomic E-state index is 12.2. The van der Waals surface area contributed by atoms with E-state index in [-0.39, 0.29) is 12.4 Å². The second-order valence-corrected chi connectivity index (χ2v) is 7.15. The van der Waals surface area contributed by atoms with Crippen LogP contribution in [0.15, 0.2) is 83.5 Å². The summed E-state index contributed by atoms with van der Waals surface area (Å²) in [5.41, 5.74) is 2.86. The first-order valence-corrected chi connectivity index (χ1v) is 10.0. The van der Waals surface area contributed by atoms with Crippen LogP contribution in [0, 0.1) is 0 Å². The summed E-state index contributed by atoms with van der Waals surface area (Å²) in [5, 5.41) is 3.89. The van der Waals surface area contributed by atoms with Crippen molar-refractivity contribution < 1.29 is 37.0 Å². The lowest BCUT2D eigenvalue weighted by atomic mass is 10.0. The van der Waals surface area contributed by atoms with Gasteiger partial charge in [-0.1, -0.05) is 29.4 Å². The molecule has 0 fully saturated rings. The van der Waals surface area contributed by atoms with E-state index in [9.17, 15) is 18.0 Å². The second-order valence-electron chi connectivity index (χ2n) is 7.15. The SMILES string of the molecule is COc1ccc(C2=NOC(=O)/C2=C\c2ccc(OCc3ccc(OC(F)(F)F)cc3)cc2)cc1. The summed E-state index contributed by atoms with van der Waals surface area (Å²) in [7, 11) is 1.57. The number of carbonyl (C=O) groups is 1. The molecule has 9 heteroatoms. The van der Waals surface area contributed by atoms with Crippen molar-refractivity contribution in [2.75, 3.05) is 7.11 Å². The van der Waals surface area contributed by atoms with Crippen LogP contribution in [0.1, 0.15) is 16.7 Å². The number of hydrogen-bond acceptors (Lipinski definition) is 6. The zero-order chi connectivity index (χ0) is 24.1. The summed E-state index contributed by atoms with van der Waals surface area (Å²) in [6.07, 6.45) is -3.06. The molecule has 0 spiro atoms. The van der Waals surface area contributed by atoms with Crippen molar-refractivity contribution in [3.05, 3.63) is 95.1 Å². The molecule has 0 aromatic heterocycles. The van der Waals surface area contributed by atoms with Gasteiger partial charge in [0.25, 0.3) is 0 Å². The molecule has 174 valence electrons. The van der Waals surface area contributed by atoms with Gasteiger partial charge in [-0.05, 0) is 65.7 Å². The number of nitrogens with zero attached hydrogens (tertiary/aromatic N) is 1. The third-order valence-electron chi connectivity index (χ3n) is 4.81. The summed E-state index contributed by atoms with van der Waals surface area (Å²) in [4.78, 5) is 17.0. The molecule has 34 heavy (non-hydrogen) atoms. The summed E-state index contributed by atoms with van der Waals surface area (Å²) >= 11 is 0. The fraction of sp³-hybridized carbons (Fsp3) is 0.120. The molecule has 1 heterocycles. The van der Waals surface area contributed by atoms with Crippen LogP contribution in [0.3, 0.4) is 0 Å². The zero-order valence-electron chi connectivity index (χ0n) is 17.8. The predicted octanol–water partition coefficient (Wildman–Crippen LogP) is 5.52. The maximum atomic E-state index is 12.2. The molecule has 1 aliphatic rings. The molecule has 0 bridgehead atoms. The minimum absolute atomic E-state index is 0.160. The van der Waals surface area contributed by atoms with E-state index in [1.807, 2.05) is 0 Å². The summed E-state index contributed by atoms with van der Waals surface area (Å²) in [6.45, 7) is 0.160. The molecule has 0 saturated carbocycles. The Morgan fingerprint density at radius 3 is 2.12 bits per heavy atom. The van der Waals surface area contributed by atoms with E-state index in [1.54, 1.807) is 61.7 Å². The molecule has 0 atom stereocenters. The third-order valence-corrected chi connectivity index (χ3v) is 4.81. The summed E-state index contributed by atoms with van der Waals surface area (Å²) in [5.74, 6) is 0.387. The highest BCUT2D eigenvalue weighted by Crippen LogP contribution is 2.25. The largest absolute Gasteiger partial charge is 0.573 e. The Bertz CT molecular complexity index is 1220. The van der Waals surface area contributed by atoms with Crippen LogP contribution in [0.2, 0.25) is 0 Å². The number of ether oxygens (including phenoxy) is 3. The standard InChI is InChI=1S/C25H18F3NO5/c1-31-19-12-6-18(7-13-19)23-22(24(30)34-29-23)14-16-2-8-20(9-3-16)32-15-17-4-10-21(11-5-17)33-25(26,27)28/h2-14H,15H2,1H3/b22-14-. The molecule has 4 rings (SSSR count). The van der Waals surface area contributed by atoms with Gasteiger partial charge in [0.1, 0.15) is 29.6 Å². The van der Waals surface area contributed by atoms with Crippen molar-refractivity contribution in [2.24, 2.45) is 5.16 Å². The second kappa shape index (κ2) is 9.70. The van der Waals surface area contributed by atoms with Crippen molar-refractivity contribution in [3.8, 4) is 17.2 Å². The van der Waals surface area contributed by atoms with Crippen molar-refractivity contribution in [3.63, 3.8) is 0 Å². The Morgan fingerprint density at radius 2 is 1.50 bits per heavy atom. The molecule has 0 amide bonds. The predicted molar refractivity (Wildman–Crippen MR) is 117 cm³/mol. The molecule has 0 unspecified atom stereocenters.